The van der Waals surface area contributed by atoms with Crippen LogP contribution in [-0.2, 0) is 4.79 Å². The molecule has 1 atom stereocenters. The summed E-state index contributed by atoms with van der Waals surface area (Å²) in [5, 5.41) is 20.2. The highest BCUT2D eigenvalue weighted by molar-refractivity contribution is 5.99. The molecule has 1 aromatic rings. The van der Waals surface area contributed by atoms with E-state index in [9.17, 15) is 9.59 Å². The van der Waals surface area contributed by atoms with Crippen LogP contribution in [0.4, 0.5) is 0 Å². The summed E-state index contributed by atoms with van der Waals surface area (Å²) in [5.41, 5.74) is 3.16. The van der Waals surface area contributed by atoms with Crippen LogP contribution in [0.1, 0.15) is 33.5 Å². The van der Waals surface area contributed by atoms with Gasteiger partial charge in [0, 0.05) is 18.6 Å². The van der Waals surface area contributed by atoms with Gasteiger partial charge in [-0.15, -0.1) is 0 Å². The van der Waals surface area contributed by atoms with Crippen molar-refractivity contribution in [3.63, 3.8) is 0 Å². The molecule has 0 aliphatic rings. The van der Waals surface area contributed by atoms with Gasteiger partial charge in [0.15, 0.2) is 0 Å². The first kappa shape index (κ1) is 15.2. The fourth-order valence-corrected chi connectivity index (χ4v) is 2.16. The predicted molar refractivity (Wildman–Crippen MR) is 71.2 cm³/mol. The van der Waals surface area contributed by atoms with Crippen LogP contribution in [0.3, 0.4) is 0 Å². The molecule has 1 amide bonds. The van der Waals surface area contributed by atoms with E-state index in [-0.39, 0.29) is 13.0 Å². The molecule has 5 nitrogen and oxygen atoms in total. The second kappa shape index (κ2) is 6.33. The SMILES string of the molecule is Cc1cc(C)c(C(=O)N[C@H](CCO)C(=O)O)c(C)c1. The van der Waals surface area contributed by atoms with Gasteiger partial charge in [-0.25, -0.2) is 4.79 Å². The number of aliphatic carboxylic acids is 1. The molecule has 1 rings (SSSR count). The second-order valence-corrected chi connectivity index (χ2v) is 4.65. The number of nitrogens with one attached hydrogen (secondary N) is 1. The third-order valence-electron chi connectivity index (χ3n) is 2.93. The Balaban J connectivity index is 2.98. The molecule has 0 saturated carbocycles. The maximum atomic E-state index is 12.1. The second-order valence-electron chi connectivity index (χ2n) is 4.65. The van der Waals surface area contributed by atoms with Gasteiger partial charge in [-0.05, 0) is 31.9 Å². The van der Waals surface area contributed by atoms with E-state index < -0.39 is 17.9 Å². The van der Waals surface area contributed by atoms with Crippen LogP contribution in [-0.4, -0.2) is 34.7 Å². The van der Waals surface area contributed by atoms with Crippen molar-refractivity contribution >= 4 is 11.9 Å². The zero-order valence-electron chi connectivity index (χ0n) is 11.4. The first-order valence-electron chi connectivity index (χ1n) is 6.09. The highest BCUT2D eigenvalue weighted by atomic mass is 16.4. The minimum atomic E-state index is -1.15. The summed E-state index contributed by atoms with van der Waals surface area (Å²) in [6, 6.07) is 2.69. The van der Waals surface area contributed by atoms with Crippen LogP contribution in [0.15, 0.2) is 12.1 Å². The average Bonchev–Trinajstić information content (AvgIpc) is 2.26. The molecule has 0 heterocycles. The Labute approximate surface area is 112 Å². The lowest BCUT2D eigenvalue weighted by Crippen LogP contribution is -2.41. The Morgan fingerprint density at radius 1 is 1.21 bits per heavy atom. The molecular formula is C14H19NO4. The van der Waals surface area contributed by atoms with Crippen molar-refractivity contribution in [1.82, 2.24) is 5.32 Å². The van der Waals surface area contributed by atoms with Crippen LogP contribution < -0.4 is 5.32 Å². The van der Waals surface area contributed by atoms with Gasteiger partial charge in [0.2, 0.25) is 0 Å². The standard InChI is InChI=1S/C14H19NO4/c1-8-6-9(2)12(10(3)7-8)13(17)15-11(4-5-16)14(18)19/h6-7,11,16H,4-5H2,1-3H3,(H,15,17)(H,18,19)/t11-/m1/s1. The smallest absolute Gasteiger partial charge is 0.326 e. The maximum Gasteiger partial charge on any atom is 0.326 e. The molecule has 1 aromatic carbocycles. The third kappa shape index (κ3) is 3.79. The summed E-state index contributed by atoms with van der Waals surface area (Å²) in [7, 11) is 0. The van der Waals surface area contributed by atoms with Gasteiger partial charge < -0.3 is 15.5 Å². The number of hydrogen-bond acceptors (Lipinski definition) is 3. The molecule has 104 valence electrons. The number of aryl methyl sites for hydroxylation is 3. The third-order valence-corrected chi connectivity index (χ3v) is 2.93. The average molecular weight is 265 g/mol. The van der Waals surface area contributed by atoms with Gasteiger partial charge in [0.1, 0.15) is 6.04 Å². The van der Waals surface area contributed by atoms with E-state index in [2.05, 4.69) is 5.32 Å². The van der Waals surface area contributed by atoms with Crippen molar-refractivity contribution in [2.75, 3.05) is 6.61 Å². The lowest BCUT2D eigenvalue weighted by molar-refractivity contribution is -0.139. The minimum Gasteiger partial charge on any atom is -0.480 e. The number of rotatable bonds is 5. The van der Waals surface area contributed by atoms with Gasteiger partial charge in [0.25, 0.3) is 5.91 Å². The van der Waals surface area contributed by atoms with Crippen LogP contribution >= 0.6 is 0 Å². The summed E-state index contributed by atoms with van der Waals surface area (Å²) in [6.07, 6.45) is -0.00890. The van der Waals surface area contributed by atoms with Crippen molar-refractivity contribution < 1.29 is 19.8 Å². The quantitative estimate of drug-likeness (QED) is 0.746. The number of benzene rings is 1. The Hall–Kier alpha value is -1.88. The minimum absolute atomic E-state index is 0.00890. The van der Waals surface area contributed by atoms with Gasteiger partial charge >= 0.3 is 5.97 Å². The van der Waals surface area contributed by atoms with Crippen molar-refractivity contribution in [2.45, 2.75) is 33.2 Å². The van der Waals surface area contributed by atoms with Crippen LogP contribution in [0, 0.1) is 20.8 Å². The molecule has 0 saturated heterocycles. The Kier molecular flexibility index (Phi) is 5.06. The number of carboxylic acid groups (broad SMARTS) is 1. The maximum absolute atomic E-state index is 12.1. The van der Waals surface area contributed by atoms with Gasteiger partial charge in [-0.2, -0.15) is 0 Å². The Bertz CT molecular complexity index is 473. The Morgan fingerprint density at radius 3 is 2.16 bits per heavy atom. The number of carbonyl (C=O) groups is 2. The molecule has 0 aromatic heterocycles. The molecule has 5 heteroatoms. The zero-order valence-corrected chi connectivity index (χ0v) is 11.4. The van der Waals surface area contributed by atoms with E-state index in [4.69, 9.17) is 10.2 Å². The molecule has 19 heavy (non-hydrogen) atoms. The first-order chi connectivity index (χ1) is 8.86. The van der Waals surface area contributed by atoms with E-state index in [1.165, 1.54) is 0 Å². The molecule has 0 aliphatic heterocycles. The summed E-state index contributed by atoms with van der Waals surface area (Å²) >= 11 is 0. The number of hydrogen-bond donors (Lipinski definition) is 3. The highest BCUT2D eigenvalue weighted by Crippen LogP contribution is 2.16. The number of carbonyl (C=O) groups excluding carboxylic acids is 1. The fraction of sp³-hybridized carbons (Fsp3) is 0.429. The van der Waals surface area contributed by atoms with E-state index in [0.29, 0.717) is 5.56 Å². The summed E-state index contributed by atoms with van der Waals surface area (Å²) < 4.78 is 0. The molecule has 0 unspecified atom stereocenters. The molecule has 3 N–H and O–H groups in total. The molecule has 0 aliphatic carbocycles. The number of aliphatic hydroxyl groups excluding tert-OH is 1. The van der Waals surface area contributed by atoms with Crippen LogP contribution in [0.2, 0.25) is 0 Å². The molecule has 0 spiro atoms. The number of amides is 1. The van der Waals surface area contributed by atoms with E-state index in [1.807, 2.05) is 32.9 Å². The molecule has 0 radical (unpaired) electrons. The lowest BCUT2D eigenvalue weighted by Gasteiger charge is -2.16. The topological polar surface area (TPSA) is 86.6 Å². The van der Waals surface area contributed by atoms with Crippen molar-refractivity contribution in [3.8, 4) is 0 Å². The normalized spacial score (nSPS) is 12.0. The Morgan fingerprint density at radius 2 is 1.74 bits per heavy atom. The van der Waals surface area contributed by atoms with E-state index >= 15 is 0 Å². The summed E-state index contributed by atoms with van der Waals surface area (Å²) in [6.45, 7) is 5.28. The monoisotopic (exact) mass is 265 g/mol. The largest absolute Gasteiger partial charge is 0.480 e. The summed E-state index contributed by atoms with van der Waals surface area (Å²) in [4.78, 5) is 23.1. The van der Waals surface area contributed by atoms with Crippen LogP contribution in [0.5, 0.6) is 0 Å². The first-order valence-corrected chi connectivity index (χ1v) is 6.09. The van der Waals surface area contributed by atoms with Crippen molar-refractivity contribution in [3.05, 3.63) is 34.4 Å². The van der Waals surface area contributed by atoms with E-state index in [1.54, 1.807) is 0 Å². The lowest BCUT2D eigenvalue weighted by atomic mass is 9.99. The van der Waals surface area contributed by atoms with E-state index in [0.717, 1.165) is 16.7 Å². The zero-order chi connectivity index (χ0) is 14.6. The van der Waals surface area contributed by atoms with Gasteiger partial charge in [0.05, 0.1) is 0 Å². The summed E-state index contributed by atoms with van der Waals surface area (Å²) in [5.74, 6) is -1.57. The van der Waals surface area contributed by atoms with Crippen molar-refractivity contribution in [1.29, 1.82) is 0 Å². The highest BCUT2D eigenvalue weighted by Gasteiger charge is 2.21. The number of aliphatic hydroxyl groups is 1. The van der Waals surface area contributed by atoms with Crippen LogP contribution in [0.25, 0.3) is 0 Å². The molecular weight excluding hydrogens is 246 g/mol. The van der Waals surface area contributed by atoms with Gasteiger partial charge in [-0.1, -0.05) is 17.7 Å². The molecule has 0 fully saturated rings. The number of carboxylic acids is 1. The predicted octanol–water partition coefficient (Wildman–Crippen LogP) is 1.18. The van der Waals surface area contributed by atoms with Crippen molar-refractivity contribution in [2.24, 2.45) is 0 Å². The molecule has 0 bridgehead atoms. The van der Waals surface area contributed by atoms with Gasteiger partial charge in [-0.3, -0.25) is 4.79 Å². The fourth-order valence-electron chi connectivity index (χ4n) is 2.16.